The molecule has 1 aliphatic rings. The van der Waals surface area contributed by atoms with Crippen molar-refractivity contribution in [3.05, 3.63) is 69.2 Å². The van der Waals surface area contributed by atoms with Gasteiger partial charge in [-0.15, -0.1) is 0 Å². The van der Waals surface area contributed by atoms with E-state index in [0.29, 0.717) is 11.1 Å². The van der Waals surface area contributed by atoms with Crippen LogP contribution in [-0.4, -0.2) is 47.1 Å². The van der Waals surface area contributed by atoms with Crippen molar-refractivity contribution < 1.29 is 24.5 Å². The molecule has 7 heteroatoms. The Balaban J connectivity index is 2.18. The molecule has 0 spiro atoms. The number of Topliss-reactive ketones (excluding diaryl/α,β-unsaturated/α-hetero) is 1. The molecule has 2 aromatic rings. The fourth-order valence-corrected chi connectivity index (χ4v) is 3.54. The molecule has 0 saturated carbocycles. The number of ketones is 1. The number of nitrogens with zero attached hydrogens (tertiary/aromatic N) is 1. The standard InChI is InChI=1S/C21H20BrNO5/c1-12-10-14(6-7-16(12)22)19(25)17-18(13-4-3-5-15(24)11-13)23(8-9-28-2)21(27)20(17)26/h3-7,10-11,18,24-25H,8-9H2,1-2H3/b19-17-. The van der Waals surface area contributed by atoms with Crippen molar-refractivity contribution in [2.75, 3.05) is 20.3 Å². The number of likely N-dealkylation sites (tertiary alicyclic amines) is 1. The first kappa shape index (κ1) is 20.1. The fourth-order valence-electron chi connectivity index (χ4n) is 3.29. The van der Waals surface area contributed by atoms with Crippen LogP contribution in [0.5, 0.6) is 5.75 Å². The Morgan fingerprint density at radius 3 is 2.61 bits per heavy atom. The van der Waals surface area contributed by atoms with Crippen LogP contribution in [0.4, 0.5) is 0 Å². The molecule has 0 aromatic heterocycles. The van der Waals surface area contributed by atoms with Crippen molar-refractivity contribution in [1.82, 2.24) is 4.90 Å². The van der Waals surface area contributed by atoms with E-state index in [9.17, 15) is 19.8 Å². The van der Waals surface area contributed by atoms with E-state index in [1.165, 1.54) is 24.1 Å². The monoisotopic (exact) mass is 445 g/mol. The smallest absolute Gasteiger partial charge is 0.295 e. The second-order valence-electron chi connectivity index (χ2n) is 6.54. The lowest BCUT2D eigenvalue weighted by Crippen LogP contribution is -2.32. The topological polar surface area (TPSA) is 87.1 Å². The van der Waals surface area contributed by atoms with Crippen molar-refractivity contribution in [2.24, 2.45) is 0 Å². The van der Waals surface area contributed by atoms with Gasteiger partial charge in [-0.3, -0.25) is 9.59 Å². The van der Waals surface area contributed by atoms with Gasteiger partial charge in [0.25, 0.3) is 11.7 Å². The minimum Gasteiger partial charge on any atom is -0.508 e. The summed E-state index contributed by atoms with van der Waals surface area (Å²) in [6, 6.07) is 10.7. The molecule has 1 atom stereocenters. The van der Waals surface area contributed by atoms with E-state index in [2.05, 4.69) is 15.9 Å². The number of aliphatic hydroxyl groups excluding tert-OH is 1. The number of hydrogen-bond acceptors (Lipinski definition) is 5. The molecular weight excluding hydrogens is 426 g/mol. The highest BCUT2D eigenvalue weighted by atomic mass is 79.9. The number of carbonyl (C=O) groups excluding carboxylic acids is 2. The maximum absolute atomic E-state index is 12.8. The number of phenolic OH excluding ortho intramolecular Hbond substituents is 1. The first-order valence-corrected chi connectivity index (χ1v) is 9.47. The predicted molar refractivity (Wildman–Crippen MR) is 108 cm³/mol. The lowest BCUT2D eigenvalue weighted by atomic mass is 9.95. The van der Waals surface area contributed by atoms with Gasteiger partial charge >= 0.3 is 0 Å². The molecule has 1 saturated heterocycles. The molecule has 2 N–H and O–H groups in total. The zero-order chi connectivity index (χ0) is 20.4. The van der Waals surface area contributed by atoms with E-state index in [4.69, 9.17) is 4.74 Å². The van der Waals surface area contributed by atoms with Gasteiger partial charge in [0.15, 0.2) is 0 Å². The molecule has 1 fully saturated rings. The Hall–Kier alpha value is -2.64. The van der Waals surface area contributed by atoms with Gasteiger partial charge in [-0.2, -0.15) is 0 Å². The number of hydrogen-bond donors (Lipinski definition) is 2. The summed E-state index contributed by atoms with van der Waals surface area (Å²) in [5.41, 5.74) is 1.85. The molecule has 0 aliphatic carbocycles. The Morgan fingerprint density at radius 2 is 1.96 bits per heavy atom. The van der Waals surface area contributed by atoms with Crippen molar-refractivity contribution in [3.8, 4) is 5.75 Å². The Kier molecular flexibility index (Phi) is 5.86. The summed E-state index contributed by atoms with van der Waals surface area (Å²) >= 11 is 3.41. The number of amides is 1. The van der Waals surface area contributed by atoms with Gasteiger partial charge in [-0.1, -0.05) is 34.1 Å². The largest absolute Gasteiger partial charge is 0.508 e. The molecule has 146 valence electrons. The first-order valence-electron chi connectivity index (χ1n) is 8.68. The number of ether oxygens (including phenoxy) is 1. The van der Waals surface area contributed by atoms with Crippen LogP contribution in [0.1, 0.15) is 22.7 Å². The highest BCUT2D eigenvalue weighted by Crippen LogP contribution is 2.40. The molecule has 0 bridgehead atoms. The summed E-state index contributed by atoms with van der Waals surface area (Å²) in [5, 5.41) is 20.8. The number of carbonyl (C=O) groups is 2. The van der Waals surface area contributed by atoms with Gasteiger partial charge in [-0.05, 0) is 42.3 Å². The van der Waals surface area contributed by atoms with E-state index in [1.807, 2.05) is 6.92 Å². The molecule has 1 unspecified atom stereocenters. The maximum Gasteiger partial charge on any atom is 0.295 e. The minimum atomic E-state index is -0.814. The second-order valence-corrected chi connectivity index (χ2v) is 7.40. The predicted octanol–water partition coefficient (Wildman–Crippen LogP) is 3.53. The third-order valence-corrected chi connectivity index (χ3v) is 5.58. The van der Waals surface area contributed by atoms with Crippen LogP contribution in [0.3, 0.4) is 0 Å². The highest BCUT2D eigenvalue weighted by Gasteiger charge is 2.45. The molecule has 1 aliphatic heterocycles. The van der Waals surface area contributed by atoms with Crippen LogP contribution >= 0.6 is 15.9 Å². The van der Waals surface area contributed by atoms with Crippen LogP contribution in [0.25, 0.3) is 5.76 Å². The van der Waals surface area contributed by atoms with Gasteiger partial charge < -0.3 is 19.8 Å². The van der Waals surface area contributed by atoms with Crippen LogP contribution in [0.2, 0.25) is 0 Å². The Labute approximate surface area is 171 Å². The van der Waals surface area contributed by atoms with Gasteiger partial charge in [0, 0.05) is 23.7 Å². The zero-order valence-corrected chi connectivity index (χ0v) is 17.1. The van der Waals surface area contributed by atoms with Gasteiger partial charge in [0.1, 0.15) is 11.5 Å². The number of aryl methyl sites for hydroxylation is 1. The van der Waals surface area contributed by atoms with Gasteiger partial charge in [0.05, 0.1) is 18.2 Å². The molecule has 3 rings (SSSR count). The fraction of sp³-hybridized carbons (Fsp3) is 0.238. The molecule has 2 aromatic carbocycles. The molecular formula is C21H20BrNO5. The van der Waals surface area contributed by atoms with Crippen molar-refractivity contribution in [1.29, 1.82) is 0 Å². The number of aliphatic hydroxyl groups is 1. The Bertz CT molecular complexity index is 969. The van der Waals surface area contributed by atoms with Crippen LogP contribution in [-0.2, 0) is 14.3 Å². The summed E-state index contributed by atoms with van der Waals surface area (Å²) in [6.45, 7) is 2.28. The molecule has 28 heavy (non-hydrogen) atoms. The molecule has 0 radical (unpaired) electrons. The van der Waals surface area contributed by atoms with Crippen LogP contribution < -0.4 is 0 Å². The summed E-state index contributed by atoms with van der Waals surface area (Å²) in [5.74, 6) is -1.71. The number of rotatable bonds is 5. The van der Waals surface area contributed by atoms with Crippen LogP contribution in [0, 0.1) is 6.92 Å². The first-order chi connectivity index (χ1) is 13.3. The summed E-state index contributed by atoms with van der Waals surface area (Å²) in [6.07, 6.45) is 0. The molecule has 6 nitrogen and oxygen atoms in total. The summed E-state index contributed by atoms with van der Waals surface area (Å²) in [4.78, 5) is 26.8. The lowest BCUT2D eigenvalue weighted by molar-refractivity contribution is -0.140. The van der Waals surface area contributed by atoms with E-state index < -0.39 is 17.7 Å². The van der Waals surface area contributed by atoms with Crippen molar-refractivity contribution >= 4 is 33.4 Å². The second kappa shape index (κ2) is 8.16. The van der Waals surface area contributed by atoms with E-state index in [1.54, 1.807) is 30.3 Å². The number of methoxy groups -OCH3 is 1. The van der Waals surface area contributed by atoms with Gasteiger partial charge in [0.2, 0.25) is 0 Å². The SMILES string of the molecule is COCCN1C(=O)C(=O)/C(=C(\O)c2ccc(Br)c(C)c2)C1c1cccc(O)c1. The summed E-state index contributed by atoms with van der Waals surface area (Å²) in [7, 11) is 1.50. The third kappa shape index (κ3) is 3.68. The number of aromatic hydroxyl groups is 1. The highest BCUT2D eigenvalue weighted by molar-refractivity contribution is 9.10. The average Bonchev–Trinajstić information content (AvgIpc) is 2.92. The molecule has 1 amide bonds. The maximum atomic E-state index is 12.8. The average molecular weight is 446 g/mol. The van der Waals surface area contributed by atoms with Crippen molar-refractivity contribution in [2.45, 2.75) is 13.0 Å². The number of phenols is 1. The Morgan fingerprint density at radius 1 is 1.21 bits per heavy atom. The van der Waals surface area contributed by atoms with E-state index in [-0.39, 0.29) is 30.2 Å². The van der Waals surface area contributed by atoms with Gasteiger partial charge in [-0.25, -0.2) is 0 Å². The third-order valence-electron chi connectivity index (χ3n) is 4.69. The number of benzene rings is 2. The minimum absolute atomic E-state index is 0.00609. The lowest BCUT2D eigenvalue weighted by Gasteiger charge is -2.25. The normalized spacial score (nSPS) is 18.7. The van der Waals surface area contributed by atoms with E-state index >= 15 is 0 Å². The quantitative estimate of drug-likeness (QED) is 0.417. The van der Waals surface area contributed by atoms with Crippen LogP contribution in [0.15, 0.2) is 52.5 Å². The van der Waals surface area contributed by atoms with E-state index in [0.717, 1.165) is 10.0 Å². The molecule has 1 heterocycles. The zero-order valence-electron chi connectivity index (χ0n) is 15.5. The van der Waals surface area contributed by atoms with Crippen molar-refractivity contribution in [3.63, 3.8) is 0 Å². The summed E-state index contributed by atoms with van der Waals surface area (Å²) < 4.78 is 5.94. The number of halogens is 1.